The van der Waals surface area contributed by atoms with Crippen molar-refractivity contribution in [2.45, 2.75) is 13.0 Å². The van der Waals surface area contributed by atoms with Gasteiger partial charge in [0, 0.05) is 33.4 Å². The predicted octanol–water partition coefficient (Wildman–Crippen LogP) is 2.64. The lowest BCUT2D eigenvalue weighted by Gasteiger charge is -2.18. The van der Waals surface area contributed by atoms with Crippen LogP contribution in [0.15, 0.2) is 42.5 Å². The lowest BCUT2D eigenvalue weighted by atomic mass is 10.1. The second kappa shape index (κ2) is 9.73. The lowest BCUT2D eigenvalue weighted by Crippen LogP contribution is -2.31. The number of ether oxygens (including phenoxy) is 2. The Hall–Kier alpha value is -3.09. The van der Waals surface area contributed by atoms with E-state index in [0.717, 1.165) is 11.3 Å². The van der Waals surface area contributed by atoms with E-state index in [-0.39, 0.29) is 24.7 Å². The second-order valence-electron chi connectivity index (χ2n) is 6.62. The molecule has 0 aliphatic heterocycles. The quantitative estimate of drug-likeness (QED) is 0.651. The monoisotopic (exact) mass is 388 g/mol. The highest BCUT2D eigenvalue weighted by atomic mass is 19.1. The van der Waals surface area contributed by atoms with Gasteiger partial charge < -0.3 is 19.3 Å². The number of carbonyl (C=O) groups excluding carboxylic acids is 2. The maximum Gasteiger partial charge on any atom is 0.310 e. The molecule has 0 heterocycles. The molecule has 0 bridgehead atoms. The third kappa shape index (κ3) is 5.97. The summed E-state index contributed by atoms with van der Waals surface area (Å²) in [6.07, 6.45) is -0.121. The molecule has 7 heteroatoms. The Labute approximate surface area is 164 Å². The molecule has 0 aromatic heterocycles. The minimum Gasteiger partial charge on any atom is -0.494 e. The van der Waals surface area contributed by atoms with E-state index in [0.29, 0.717) is 12.1 Å². The first kappa shape index (κ1) is 21.2. The largest absolute Gasteiger partial charge is 0.494 e. The van der Waals surface area contributed by atoms with Crippen molar-refractivity contribution in [1.82, 2.24) is 4.90 Å². The molecule has 0 fully saturated rings. The molecule has 0 atom stereocenters. The van der Waals surface area contributed by atoms with Gasteiger partial charge >= 0.3 is 5.97 Å². The molecule has 2 aromatic rings. The van der Waals surface area contributed by atoms with Gasteiger partial charge in [-0.05, 0) is 35.4 Å². The van der Waals surface area contributed by atoms with Gasteiger partial charge in [-0.1, -0.05) is 18.2 Å². The average molecular weight is 388 g/mol. The summed E-state index contributed by atoms with van der Waals surface area (Å²) in [7, 11) is 6.93. The number of amides is 1. The molecule has 0 aliphatic rings. The van der Waals surface area contributed by atoms with Crippen LogP contribution in [0.25, 0.3) is 0 Å². The number of hydrogen-bond acceptors (Lipinski definition) is 5. The van der Waals surface area contributed by atoms with E-state index < -0.39 is 11.8 Å². The van der Waals surface area contributed by atoms with E-state index in [2.05, 4.69) is 0 Å². The third-order valence-corrected chi connectivity index (χ3v) is 4.22. The van der Waals surface area contributed by atoms with Gasteiger partial charge in [0.15, 0.2) is 18.2 Å². The minimum absolute atomic E-state index is 0.104. The van der Waals surface area contributed by atoms with Gasteiger partial charge in [0.2, 0.25) is 0 Å². The number of anilines is 1. The number of hydrogen-bond donors (Lipinski definition) is 0. The number of halogens is 1. The van der Waals surface area contributed by atoms with Crippen molar-refractivity contribution in [3.05, 3.63) is 59.4 Å². The van der Waals surface area contributed by atoms with Crippen LogP contribution in [0, 0.1) is 5.82 Å². The van der Waals surface area contributed by atoms with Gasteiger partial charge in [-0.25, -0.2) is 4.39 Å². The maximum atomic E-state index is 13.7. The summed E-state index contributed by atoms with van der Waals surface area (Å²) < 4.78 is 23.5. The Bertz CT molecular complexity index is 822. The SMILES string of the molecule is COc1ccc(CC(=O)OCC(=O)N(C)Cc2ccc(N(C)C)cc2)cc1F. The summed E-state index contributed by atoms with van der Waals surface area (Å²) in [4.78, 5) is 27.6. The molecule has 2 rings (SSSR count). The summed E-state index contributed by atoms with van der Waals surface area (Å²) >= 11 is 0. The Morgan fingerprint density at radius 2 is 1.64 bits per heavy atom. The second-order valence-corrected chi connectivity index (χ2v) is 6.62. The summed E-state index contributed by atoms with van der Waals surface area (Å²) in [5, 5.41) is 0. The van der Waals surface area contributed by atoms with Crippen LogP contribution in [0.5, 0.6) is 5.75 Å². The summed E-state index contributed by atoms with van der Waals surface area (Å²) in [5.41, 5.74) is 2.49. The molecule has 0 spiro atoms. The Balaban J connectivity index is 1.81. The smallest absolute Gasteiger partial charge is 0.310 e. The van der Waals surface area contributed by atoms with Crippen LogP contribution < -0.4 is 9.64 Å². The molecule has 28 heavy (non-hydrogen) atoms. The Morgan fingerprint density at radius 1 is 1.00 bits per heavy atom. The topological polar surface area (TPSA) is 59.1 Å². The number of methoxy groups -OCH3 is 1. The van der Waals surface area contributed by atoms with E-state index in [4.69, 9.17) is 9.47 Å². The molecule has 0 saturated carbocycles. The van der Waals surface area contributed by atoms with Gasteiger partial charge in [0.05, 0.1) is 13.5 Å². The number of esters is 1. The van der Waals surface area contributed by atoms with Crippen molar-refractivity contribution in [1.29, 1.82) is 0 Å². The first-order chi connectivity index (χ1) is 13.3. The van der Waals surface area contributed by atoms with Crippen molar-refractivity contribution in [3.63, 3.8) is 0 Å². The fourth-order valence-corrected chi connectivity index (χ4v) is 2.55. The highest BCUT2D eigenvalue weighted by Gasteiger charge is 2.14. The molecule has 1 amide bonds. The number of likely N-dealkylation sites (N-methyl/N-ethyl adjacent to an activating group) is 1. The molecule has 0 N–H and O–H groups in total. The Kier molecular flexibility index (Phi) is 7.37. The van der Waals surface area contributed by atoms with Crippen LogP contribution in [-0.4, -0.2) is 51.6 Å². The van der Waals surface area contributed by atoms with Crippen molar-refractivity contribution in [2.75, 3.05) is 39.8 Å². The van der Waals surface area contributed by atoms with Crippen molar-refractivity contribution in [2.24, 2.45) is 0 Å². The van der Waals surface area contributed by atoms with Crippen LogP contribution in [-0.2, 0) is 27.3 Å². The fraction of sp³-hybridized carbons (Fsp3) is 0.333. The zero-order chi connectivity index (χ0) is 20.7. The van der Waals surface area contributed by atoms with Gasteiger partial charge in [0.25, 0.3) is 5.91 Å². The van der Waals surface area contributed by atoms with Crippen LogP contribution >= 0.6 is 0 Å². The number of rotatable bonds is 8. The molecule has 0 aliphatic carbocycles. The molecule has 6 nitrogen and oxygen atoms in total. The fourth-order valence-electron chi connectivity index (χ4n) is 2.55. The molecule has 0 radical (unpaired) electrons. The van der Waals surface area contributed by atoms with E-state index in [1.807, 2.05) is 43.3 Å². The van der Waals surface area contributed by atoms with E-state index in [1.54, 1.807) is 13.1 Å². The normalized spacial score (nSPS) is 10.3. The van der Waals surface area contributed by atoms with E-state index in [1.165, 1.54) is 24.1 Å². The number of carbonyl (C=O) groups is 2. The summed E-state index contributed by atoms with van der Waals surface area (Å²) in [5.74, 6) is -1.36. The zero-order valence-corrected chi connectivity index (χ0v) is 16.6. The maximum absolute atomic E-state index is 13.7. The third-order valence-electron chi connectivity index (χ3n) is 4.22. The van der Waals surface area contributed by atoms with Gasteiger partial charge in [-0.3, -0.25) is 9.59 Å². The zero-order valence-electron chi connectivity index (χ0n) is 16.6. The minimum atomic E-state index is -0.596. The van der Waals surface area contributed by atoms with E-state index >= 15 is 0 Å². The van der Waals surface area contributed by atoms with Crippen LogP contribution in [0.2, 0.25) is 0 Å². The number of nitrogens with zero attached hydrogens (tertiary/aromatic N) is 2. The summed E-state index contributed by atoms with van der Waals surface area (Å²) in [6.45, 7) is 0.0531. The highest BCUT2D eigenvalue weighted by Crippen LogP contribution is 2.18. The first-order valence-corrected chi connectivity index (χ1v) is 8.78. The van der Waals surface area contributed by atoms with Crippen molar-refractivity contribution in [3.8, 4) is 5.75 Å². The molecule has 0 unspecified atom stereocenters. The van der Waals surface area contributed by atoms with Crippen LogP contribution in [0.4, 0.5) is 10.1 Å². The van der Waals surface area contributed by atoms with E-state index in [9.17, 15) is 14.0 Å². The van der Waals surface area contributed by atoms with Crippen LogP contribution in [0.1, 0.15) is 11.1 Å². The van der Waals surface area contributed by atoms with Gasteiger partial charge in [-0.15, -0.1) is 0 Å². The number of benzene rings is 2. The molecular weight excluding hydrogens is 363 g/mol. The molecule has 2 aromatic carbocycles. The molecular formula is C21H25FN2O4. The standard InChI is InChI=1S/C21H25FN2O4/c1-23(2)17-8-5-15(6-9-17)13-24(3)20(25)14-28-21(26)12-16-7-10-19(27-4)18(22)11-16/h5-11H,12-14H2,1-4H3. The van der Waals surface area contributed by atoms with Crippen molar-refractivity contribution < 1.29 is 23.5 Å². The first-order valence-electron chi connectivity index (χ1n) is 8.78. The summed E-state index contributed by atoms with van der Waals surface area (Å²) in [6, 6.07) is 12.1. The van der Waals surface area contributed by atoms with Gasteiger partial charge in [-0.2, -0.15) is 0 Å². The highest BCUT2D eigenvalue weighted by molar-refractivity contribution is 5.81. The lowest BCUT2D eigenvalue weighted by molar-refractivity contribution is -0.151. The Morgan fingerprint density at radius 3 is 2.21 bits per heavy atom. The average Bonchev–Trinajstić information content (AvgIpc) is 2.66. The van der Waals surface area contributed by atoms with Crippen LogP contribution in [0.3, 0.4) is 0 Å². The van der Waals surface area contributed by atoms with Gasteiger partial charge in [0.1, 0.15) is 0 Å². The van der Waals surface area contributed by atoms with Crippen molar-refractivity contribution >= 4 is 17.6 Å². The molecule has 150 valence electrons. The molecule has 0 saturated heterocycles. The predicted molar refractivity (Wildman–Crippen MR) is 105 cm³/mol.